The largest absolute Gasteiger partial charge is 0.322 e. The monoisotopic (exact) mass is 316 g/mol. The zero-order chi connectivity index (χ0) is 17.2. The average Bonchev–Trinajstić information content (AvgIpc) is 2.58. The van der Waals surface area contributed by atoms with Gasteiger partial charge in [-0.15, -0.1) is 0 Å². The molecule has 0 aliphatic heterocycles. The lowest BCUT2D eigenvalue weighted by Gasteiger charge is -2.27. The number of hydrogen-bond donors (Lipinski definition) is 1. The van der Waals surface area contributed by atoms with E-state index in [-0.39, 0.29) is 5.54 Å². The molecule has 0 aromatic heterocycles. The van der Waals surface area contributed by atoms with Crippen LogP contribution in [0.1, 0.15) is 25.0 Å². The van der Waals surface area contributed by atoms with Gasteiger partial charge in [0.05, 0.1) is 0 Å². The smallest absolute Gasteiger partial charge is 0.0461 e. The van der Waals surface area contributed by atoms with Crippen LogP contribution in [0.3, 0.4) is 0 Å². The van der Waals surface area contributed by atoms with Gasteiger partial charge in [-0.3, -0.25) is 0 Å². The van der Waals surface area contributed by atoms with Crippen molar-refractivity contribution in [2.45, 2.75) is 26.3 Å². The minimum Gasteiger partial charge on any atom is -0.322 e. The highest BCUT2D eigenvalue weighted by Gasteiger charge is 2.16. The van der Waals surface area contributed by atoms with Gasteiger partial charge in [-0.05, 0) is 62.7 Å². The summed E-state index contributed by atoms with van der Waals surface area (Å²) < 4.78 is 0. The molecule has 2 heteroatoms. The van der Waals surface area contributed by atoms with Crippen LogP contribution in [0.15, 0.2) is 78.9 Å². The second kappa shape index (κ2) is 6.50. The topological polar surface area (TPSA) is 29.3 Å². The zero-order valence-electron chi connectivity index (χ0n) is 14.5. The number of benzene rings is 3. The van der Waals surface area contributed by atoms with E-state index in [2.05, 4.69) is 84.6 Å². The van der Waals surface area contributed by atoms with E-state index in [0.29, 0.717) is 0 Å². The van der Waals surface area contributed by atoms with Crippen LogP contribution in [0.25, 0.3) is 0 Å². The van der Waals surface area contributed by atoms with Crippen molar-refractivity contribution in [3.8, 4) is 0 Å². The fourth-order valence-corrected chi connectivity index (χ4v) is 2.76. The second-order valence-corrected chi connectivity index (χ2v) is 6.78. The first-order valence-corrected chi connectivity index (χ1v) is 8.26. The van der Waals surface area contributed by atoms with Crippen molar-refractivity contribution in [2.24, 2.45) is 5.73 Å². The summed E-state index contributed by atoms with van der Waals surface area (Å²) in [5, 5.41) is 0. The van der Waals surface area contributed by atoms with Gasteiger partial charge >= 0.3 is 0 Å². The third kappa shape index (κ3) is 3.50. The Labute approximate surface area is 144 Å². The molecule has 0 amide bonds. The fraction of sp³-hybridized carbons (Fsp3) is 0.182. The van der Waals surface area contributed by atoms with Crippen LogP contribution in [0.5, 0.6) is 0 Å². The van der Waals surface area contributed by atoms with E-state index in [4.69, 9.17) is 5.73 Å². The molecule has 2 N–H and O–H groups in total. The number of hydrogen-bond acceptors (Lipinski definition) is 2. The standard InChI is InChI=1S/C22H24N2/c1-17-9-13-20(14-10-17)24(19-7-5-4-6-8-19)21-15-11-18(12-16-21)22(2,3)23/h4-16H,23H2,1-3H3. The Bertz CT molecular complexity index is 782. The summed E-state index contributed by atoms with van der Waals surface area (Å²) in [7, 11) is 0. The first-order valence-electron chi connectivity index (χ1n) is 8.26. The maximum atomic E-state index is 6.21. The first-order chi connectivity index (χ1) is 11.4. The lowest BCUT2D eigenvalue weighted by molar-refractivity contribution is 0.554. The predicted octanol–water partition coefficient (Wildman–Crippen LogP) is 5.66. The molecule has 0 fully saturated rings. The van der Waals surface area contributed by atoms with E-state index >= 15 is 0 Å². The van der Waals surface area contributed by atoms with Crippen LogP contribution in [0.2, 0.25) is 0 Å². The molecule has 0 aliphatic carbocycles. The Morgan fingerprint density at radius 3 is 1.62 bits per heavy atom. The minimum atomic E-state index is -0.333. The maximum absolute atomic E-state index is 6.21. The van der Waals surface area contributed by atoms with Crippen LogP contribution in [-0.2, 0) is 5.54 Å². The molecule has 0 bridgehead atoms. The van der Waals surface area contributed by atoms with Gasteiger partial charge in [0.25, 0.3) is 0 Å². The van der Waals surface area contributed by atoms with Gasteiger partial charge in [0, 0.05) is 22.6 Å². The Balaban J connectivity index is 2.06. The van der Waals surface area contributed by atoms with Crippen LogP contribution in [-0.4, -0.2) is 0 Å². The molecule has 24 heavy (non-hydrogen) atoms. The Kier molecular flexibility index (Phi) is 4.41. The molecule has 0 saturated heterocycles. The Hall–Kier alpha value is -2.58. The van der Waals surface area contributed by atoms with Crippen molar-refractivity contribution in [2.75, 3.05) is 4.90 Å². The lowest BCUT2D eigenvalue weighted by Crippen LogP contribution is -2.28. The third-order valence-corrected chi connectivity index (χ3v) is 4.18. The second-order valence-electron chi connectivity index (χ2n) is 6.78. The predicted molar refractivity (Wildman–Crippen MR) is 103 cm³/mol. The molecule has 0 atom stereocenters. The lowest BCUT2D eigenvalue weighted by atomic mass is 9.95. The molecule has 3 rings (SSSR count). The van der Waals surface area contributed by atoms with Gasteiger partial charge in [0.2, 0.25) is 0 Å². The van der Waals surface area contributed by atoms with Gasteiger partial charge < -0.3 is 10.6 Å². The van der Waals surface area contributed by atoms with Gasteiger partial charge in [-0.1, -0.05) is 48.0 Å². The van der Waals surface area contributed by atoms with Crippen LogP contribution >= 0.6 is 0 Å². The molecule has 0 saturated carbocycles. The third-order valence-electron chi connectivity index (χ3n) is 4.18. The van der Waals surface area contributed by atoms with Crippen molar-refractivity contribution in [3.63, 3.8) is 0 Å². The van der Waals surface area contributed by atoms with Gasteiger partial charge in [0.1, 0.15) is 0 Å². The van der Waals surface area contributed by atoms with Gasteiger partial charge in [0.15, 0.2) is 0 Å². The first kappa shape index (κ1) is 16.3. The molecule has 0 spiro atoms. The molecule has 3 aromatic carbocycles. The van der Waals surface area contributed by atoms with Crippen LogP contribution in [0, 0.1) is 6.92 Å². The highest BCUT2D eigenvalue weighted by Crippen LogP contribution is 2.35. The fourth-order valence-electron chi connectivity index (χ4n) is 2.76. The summed E-state index contributed by atoms with van der Waals surface area (Å²) in [5.41, 5.74) is 11.7. The summed E-state index contributed by atoms with van der Waals surface area (Å²) in [6.07, 6.45) is 0. The van der Waals surface area contributed by atoms with Crippen molar-refractivity contribution >= 4 is 17.1 Å². The van der Waals surface area contributed by atoms with Crippen LogP contribution < -0.4 is 10.6 Å². The molecule has 0 aliphatic rings. The summed E-state index contributed by atoms with van der Waals surface area (Å²) in [4.78, 5) is 2.26. The normalized spacial score (nSPS) is 11.3. The summed E-state index contributed by atoms with van der Waals surface area (Å²) in [6.45, 7) is 6.16. The maximum Gasteiger partial charge on any atom is 0.0461 e. The zero-order valence-corrected chi connectivity index (χ0v) is 14.5. The van der Waals surface area contributed by atoms with E-state index < -0.39 is 0 Å². The molecular weight excluding hydrogens is 292 g/mol. The van der Waals surface area contributed by atoms with Crippen molar-refractivity contribution < 1.29 is 0 Å². The summed E-state index contributed by atoms with van der Waals surface area (Å²) in [5.74, 6) is 0. The van der Waals surface area contributed by atoms with E-state index in [1.165, 1.54) is 5.56 Å². The van der Waals surface area contributed by atoms with E-state index in [9.17, 15) is 0 Å². The Morgan fingerprint density at radius 1 is 0.667 bits per heavy atom. The van der Waals surface area contributed by atoms with Crippen LogP contribution in [0.4, 0.5) is 17.1 Å². The van der Waals surface area contributed by atoms with E-state index in [1.807, 2.05) is 19.9 Å². The van der Waals surface area contributed by atoms with Crippen molar-refractivity contribution in [1.82, 2.24) is 0 Å². The van der Waals surface area contributed by atoms with Crippen molar-refractivity contribution in [1.29, 1.82) is 0 Å². The molecule has 0 heterocycles. The highest BCUT2D eigenvalue weighted by molar-refractivity contribution is 5.76. The van der Waals surface area contributed by atoms with Gasteiger partial charge in [-0.2, -0.15) is 0 Å². The number of anilines is 3. The molecule has 0 unspecified atom stereocenters. The molecular formula is C22H24N2. The highest BCUT2D eigenvalue weighted by atomic mass is 15.1. The number of para-hydroxylation sites is 1. The Morgan fingerprint density at radius 2 is 1.12 bits per heavy atom. The number of rotatable bonds is 4. The van der Waals surface area contributed by atoms with E-state index in [1.54, 1.807) is 0 Å². The molecule has 0 radical (unpaired) electrons. The summed E-state index contributed by atoms with van der Waals surface area (Å²) >= 11 is 0. The molecule has 3 aromatic rings. The SMILES string of the molecule is Cc1ccc(N(c2ccccc2)c2ccc(C(C)(C)N)cc2)cc1. The number of nitrogens with two attached hydrogens (primary N) is 1. The van der Waals surface area contributed by atoms with Crippen molar-refractivity contribution in [3.05, 3.63) is 90.0 Å². The number of aryl methyl sites for hydroxylation is 1. The van der Waals surface area contributed by atoms with Gasteiger partial charge in [-0.25, -0.2) is 0 Å². The summed E-state index contributed by atoms with van der Waals surface area (Å²) in [6, 6.07) is 27.5. The van der Waals surface area contributed by atoms with E-state index in [0.717, 1.165) is 22.6 Å². The average molecular weight is 316 g/mol. The minimum absolute atomic E-state index is 0.333. The molecule has 122 valence electrons. The molecule has 2 nitrogen and oxygen atoms in total. The quantitative estimate of drug-likeness (QED) is 0.673. The number of nitrogens with zero attached hydrogens (tertiary/aromatic N) is 1.